The summed E-state index contributed by atoms with van der Waals surface area (Å²) in [5, 5.41) is 9.93. The lowest BCUT2D eigenvalue weighted by atomic mass is 9.96. The minimum absolute atomic E-state index is 0.0412. The van der Waals surface area contributed by atoms with Crippen molar-refractivity contribution in [1.29, 1.82) is 0 Å². The summed E-state index contributed by atoms with van der Waals surface area (Å²) >= 11 is 6.88. The topological polar surface area (TPSA) is 82.1 Å². The van der Waals surface area contributed by atoms with Crippen LogP contribution in [0.5, 0.6) is 11.5 Å². The van der Waals surface area contributed by atoms with Crippen molar-refractivity contribution in [1.82, 2.24) is 0 Å². The molecule has 1 N–H and O–H groups in total. The second-order valence-electron chi connectivity index (χ2n) is 5.31. The Hall–Kier alpha value is -1.60. The molecule has 0 spiro atoms. The molecule has 1 aromatic carbocycles. The molecule has 0 saturated carbocycles. The van der Waals surface area contributed by atoms with E-state index in [2.05, 4.69) is 0 Å². The van der Waals surface area contributed by atoms with E-state index in [-0.39, 0.29) is 13.0 Å². The van der Waals surface area contributed by atoms with Crippen LogP contribution in [-0.4, -0.2) is 47.5 Å². The summed E-state index contributed by atoms with van der Waals surface area (Å²) < 4.78 is 14.8. The van der Waals surface area contributed by atoms with Crippen molar-refractivity contribution in [2.75, 3.05) is 19.6 Å². The molecule has 2 atom stereocenters. The molecule has 0 unspecified atom stereocenters. The van der Waals surface area contributed by atoms with E-state index < -0.39 is 22.8 Å². The van der Waals surface area contributed by atoms with Gasteiger partial charge in [-0.2, -0.15) is 0 Å². The molecule has 1 heterocycles. The van der Waals surface area contributed by atoms with Crippen molar-refractivity contribution in [2.24, 2.45) is 0 Å². The Bertz CT molecular complexity index is 623. The number of carboxylic acids is 1. The molecule has 0 aromatic heterocycles. The van der Waals surface area contributed by atoms with Gasteiger partial charge < -0.3 is 19.3 Å². The van der Waals surface area contributed by atoms with E-state index >= 15 is 0 Å². The Morgan fingerprint density at radius 2 is 2.25 bits per heavy atom. The molecular formula is C16H19ClO6S. The van der Waals surface area contributed by atoms with Crippen LogP contribution in [0.3, 0.4) is 0 Å². The Morgan fingerprint density at radius 3 is 2.83 bits per heavy atom. The molecule has 132 valence electrons. The van der Waals surface area contributed by atoms with Gasteiger partial charge in [0.2, 0.25) is 0 Å². The van der Waals surface area contributed by atoms with Crippen molar-refractivity contribution in [2.45, 2.75) is 35.5 Å². The van der Waals surface area contributed by atoms with Crippen molar-refractivity contribution >= 4 is 35.3 Å². The van der Waals surface area contributed by atoms with Gasteiger partial charge in [-0.1, -0.05) is 11.8 Å². The Morgan fingerprint density at radius 1 is 1.50 bits per heavy atom. The van der Waals surface area contributed by atoms with Crippen LogP contribution in [0.15, 0.2) is 23.1 Å². The fraction of sp³-hybridized carbons (Fsp3) is 0.500. The van der Waals surface area contributed by atoms with Crippen molar-refractivity contribution in [3.8, 4) is 11.5 Å². The van der Waals surface area contributed by atoms with Crippen LogP contribution in [0.1, 0.15) is 19.8 Å². The summed E-state index contributed by atoms with van der Waals surface area (Å²) in [4.78, 5) is 24.2. The van der Waals surface area contributed by atoms with E-state index in [1.54, 1.807) is 18.2 Å². The number of rotatable bonds is 6. The van der Waals surface area contributed by atoms with E-state index in [9.17, 15) is 14.7 Å². The predicted molar refractivity (Wildman–Crippen MR) is 90.2 cm³/mol. The minimum atomic E-state index is -1.38. The second kappa shape index (κ2) is 7.98. The summed E-state index contributed by atoms with van der Waals surface area (Å²) in [6.07, 6.45) is -0.217. The van der Waals surface area contributed by atoms with Crippen LogP contribution in [0.25, 0.3) is 0 Å². The highest BCUT2D eigenvalue weighted by molar-refractivity contribution is 8.01. The maximum atomic E-state index is 12.1. The third kappa shape index (κ3) is 3.89. The summed E-state index contributed by atoms with van der Waals surface area (Å²) in [5.74, 6) is -0.180. The first-order valence-electron chi connectivity index (χ1n) is 7.39. The number of esters is 1. The average molecular weight is 375 g/mol. The van der Waals surface area contributed by atoms with Gasteiger partial charge in [0, 0.05) is 12.8 Å². The summed E-state index contributed by atoms with van der Waals surface area (Å²) in [6.45, 7) is 1.21. The van der Waals surface area contributed by atoms with Gasteiger partial charge in [-0.3, -0.25) is 9.59 Å². The standard InChI is InChI=1S/C16H19ClO6S/c1-10(18)23-14-9-22-12-5-4-11(21-2)8-13(12)24-16(14,15(19)20)6-3-7-17/h4-5,8,14H,3,6-7,9H2,1-2H3,(H,19,20)/t14-,16+/m0/s1. The molecule has 0 amide bonds. The maximum Gasteiger partial charge on any atom is 0.324 e. The normalized spacial score (nSPS) is 22.7. The molecule has 0 saturated heterocycles. The lowest BCUT2D eigenvalue weighted by molar-refractivity contribution is -0.156. The third-order valence-electron chi connectivity index (χ3n) is 3.71. The number of alkyl halides is 1. The lowest BCUT2D eigenvalue weighted by Crippen LogP contribution is -2.50. The molecule has 1 aromatic rings. The van der Waals surface area contributed by atoms with E-state index in [1.165, 1.54) is 14.0 Å². The van der Waals surface area contributed by atoms with Crippen LogP contribution < -0.4 is 9.47 Å². The van der Waals surface area contributed by atoms with Gasteiger partial charge in [-0.25, -0.2) is 0 Å². The fourth-order valence-electron chi connectivity index (χ4n) is 2.54. The number of fused-ring (bicyclic) bond motifs is 1. The summed E-state index contributed by atoms with van der Waals surface area (Å²) in [6, 6.07) is 5.16. The molecular weight excluding hydrogens is 356 g/mol. The molecule has 0 bridgehead atoms. The molecule has 6 nitrogen and oxygen atoms in total. The Kier molecular flexibility index (Phi) is 6.23. The zero-order valence-corrected chi connectivity index (χ0v) is 15.0. The van der Waals surface area contributed by atoms with Gasteiger partial charge in [0.25, 0.3) is 0 Å². The van der Waals surface area contributed by atoms with Crippen LogP contribution in [0.2, 0.25) is 0 Å². The highest BCUT2D eigenvalue weighted by Gasteiger charge is 2.51. The first-order chi connectivity index (χ1) is 11.4. The summed E-state index contributed by atoms with van der Waals surface area (Å²) in [5.41, 5.74) is 0. The zero-order chi connectivity index (χ0) is 17.7. The number of aliphatic carboxylic acids is 1. The average Bonchev–Trinajstić information content (AvgIpc) is 2.69. The quantitative estimate of drug-likeness (QED) is 0.605. The predicted octanol–water partition coefficient (Wildman–Crippen LogP) is 2.95. The molecule has 0 aliphatic carbocycles. The zero-order valence-electron chi connectivity index (χ0n) is 13.4. The third-order valence-corrected chi connectivity index (χ3v) is 5.52. The fourth-order valence-corrected chi connectivity index (χ4v) is 4.05. The number of carbonyl (C=O) groups excluding carboxylic acids is 1. The molecule has 1 aliphatic heterocycles. The van der Waals surface area contributed by atoms with E-state index in [0.29, 0.717) is 28.7 Å². The number of thioether (sulfide) groups is 1. The maximum absolute atomic E-state index is 12.1. The van der Waals surface area contributed by atoms with Crippen LogP contribution >= 0.6 is 23.4 Å². The molecule has 0 fully saturated rings. The SMILES string of the molecule is COc1ccc2c(c1)S[C@@](CCCCl)(C(=O)O)[C@@H](OC(C)=O)CO2. The van der Waals surface area contributed by atoms with Crippen molar-refractivity contribution < 1.29 is 28.9 Å². The number of halogens is 1. The number of hydrogen-bond acceptors (Lipinski definition) is 6. The molecule has 0 radical (unpaired) electrons. The molecule has 2 rings (SSSR count). The monoisotopic (exact) mass is 374 g/mol. The lowest BCUT2D eigenvalue weighted by Gasteiger charge is -2.33. The summed E-state index contributed by atoms with van der Waals surface area (Å²) in [7, 11) is 1.53. The van der Waals surface area contributed by atoms with Crippen LogP contribution in [0.4, 0.5) is 0 Å². The smallest absolute Gasteiger partial charge is 0.324 e. The van der Waals surface area contributed by atoms with E-state index in [4.69, 9.17) is 25.8 Å². The van der Waals surface area contributed by atoms with Crippen LogP contribution in [0, 0.1) is 0 Å². The molecule has 1 aliphatic rings. The number of benzene rings is 1. The first kappa shape index (κ1) is 18.7. The Labute approximate surface area is 149 Å². The molecule has 24 heavy (non-hydrogen) atoms. The Balaban J connectivity index is 2.48. The number of carbonyl (C=O) groups is 2. The van der Waals surface area contributed by atoms with Gasteiger partial charge in [0.15, 0.2) is 10.9 Å². The van der Waals surface area contributed by atoms with E-state index in [1.807, 2.05) is 0 Å². The number of hydrogen-bond donors (Lipinski definition) is 1. The first-order valence-corrected chi connectivity index (χ1v) is 8.74. The highest BCUT2D eigenvalue weighted by atomic mass is 35.5. The van der Waals surface area contributed by atoms with Gasteiger partial charge in [0.1, 0.15) is 18.1 Å². The molecule has 8 heteroatoms. The van der Waals surface area contributed by atoms with Crippen molar-refractivity contribution in [3.05, 3.63) is 18.2 Å². The van der Waals surface area contributed by atoms with E-state index in [0.717, 1.165) is 11.8 Å². The van der Waals surface area contributed by atoms with Crippen molar-refractivity contribution in [3.63, 3.8) is 0 Å². The van der Waals surface area contributed by atoms with Gasteiger partial charge in [0.05, 0.1) is 12.0 Å². The largest absolute Gasteiger partial charge is 0.497 e. The number of methoxy groups -OCH3 is 1. The van der Waals surface area contributed by atoms with Crippen LogP contribution in [-0.2, 0) is 14.3 Å². The minimum Gasteiger partial charge on any atom is -0.497 e. The number of carboxylic acid groups (broad SMARTS) is 1. The number of ether oxygens (including phenoxy) is 3. The second-order valence-corrected chi connectivity index (χ2v) is 7.06. The van der Waals surface area contributed by atoms with Gasteiger partial charge in [-0.15, -0.1) is 11.6 Å². The van der Waals surface area contributed by atoms with Gasteiger partial charge >= 0.3 is 11.9 Å². The highest BCUT2D eigenvalue weighted by Crippen LogP contribution is 2.48. The van der Waals surface area contributed by atoms with Gasteiger partial charge in [-0.05, 0) is 31.0 Å².